The summed E-state index contributed by atoms with van der Waals surface area (Å²) in [6.45, 7) is 6.10. The highest BCUT2D eigenvalue weighted by Gasteiger charge is 2.25. The van der Waals surface area contributed by atoms with Crippen molar-refractivity contribution in [2.45, 2.75) is 46.3 Å². The first kappa shape index (κ1) is 16.7. The maximum Gasteiger partial charge on any atom is 0.252 e. The lowest BCUT2D eigenvalue weighted by molar-refractivity contribution is -0.173. The molecule has 1 heterocycles. The van der Waals surface area contributed by atoms with Crippen LogP contribution in [0.3, 0.4) is 0 Å². The average molecular weight is 284 g/mol. The van der Waals surface area contributed by atoms with Crippen LogP contribution in [0.1, 0.15) is 40.0 Å². The Kier molecular flexibility index (Phi) is 6.16. The standard InChI is InChI=1S/C14H24N2O4/c1-10(17)16-12(18)8-11(15)14(2,3)9-20-13-6-4-5-7-19-13/h8,13H,4-7,9,15H2,1-3H3,(H,16,17,18). The van der Waals surface area contributed by atoms with Crippen LogP contribution in [-0.2, 0) is 19.1 Å². The van der Waals surface area contributed by atoms with Gasteiger partial charge in [0, 0.05) is 30.7 Å². The van der Waals surface area contributed by atoms with Gasteiger partial charge < -0.3 is 15.2 Å². The predicted molar refractivity (Wildman–Crippen MR) is 74.4 cm³/mol. The smallest absolute Gasteiger partial charge is 0.252 e. The SMILES string of the molecule is CC(=O)NC(=O)C=C(N)C(C)(C)COC1CCCCO1. The van der Waals surface area contributed by atoms with Crippen molar-refractivity contribution in [2.75, 3.05) is 13.2 Å². The van der Waals surface area contributed by atoms with E-state index < -0.39 is 17.2 Å². The fourth-order valence-electron chi connectivity index (χ4n) is 1.77. The first-order valence-corrected chi connectivity index (χ1v) is 6.83. The highest BCUT2D eigenvalue weighted by molar-refractivity contribution is 6.00. The van der Waals surface area contributed by atoms with E-state index in [4.69, 9.17) is 15.2 Å². The molecule has 1 rings (SSSR count). The van der Waals surface area contributed by atoms with E-state index in [-0.39, 0.29) is 6.29 Å². The van der Waals surface area contributed by atoms with Crippen LogP contribution in [0, 0.1) is 5.41 Å². The van der Waals surface area contributed by atoms with Crippen molar-refractivity contribution < 1.29 is 19.1 Å². The van der Waals surface area contributed by atoms with Gasteiger partial charge in [-0.2, -0.15) is 0 Å². The van der Waals surface area contributed by atoms with Crippen molar-refractivity contribution in [2.24, 2.45) is 11.1 Å². The normalized spacial score (nSPS) is 20.6. The molecule has 114 valence electrons. The summed E-state index contributed by atoms with van der Waals surface area (Å²) in [5.41, 5.74) is 5.77. The van der Waals surface area contributed by atoms with Crippen LogP contribution in [-0.4, -0.2) is 31.3 Å². The molecule has 0 spiro atoms. The third kappa shape index (κ3) is 5.71. The van der Waals surface area contributed by atoms with Crippen LogP contribution in [0.25, 0.3) is 0 Å². The van der Waals surface area contributed by atoms with Gasteiger partial charge in [-0.3, -0.25) is 14.9 Å². The Labute approximate surface area is 119 Å². The molecule has 0 aromatic heterocycles. The van der Waals surface area contributed by atoms with Crippen LogP contribution in [0.4, 0.5) is 0 Å². The highest BCUT2D eigenvalue weighted by Crippen LogP contribution is 2.25. The lowest BCUT2D eigenvalue weighted by atomic mass is 9.90. The number of hydrogen-bond acceptors (Lipinski definition) is 5. The molecule has 1 aliphatic rings. The molecule has 20 heavy (non-hydrogen) atoms. The molecule has 1 aliphatic heterocycles. The van der Waals surface area contributed by atoms with Gasteiger partial charge in [-0.15, -0.1) is 0 Å². The minimum absolute atomic E-state index is 0.193. The summed E-state index contributed by atoms with van der Waals surface area (Å²) in [5.74, 6) is -0.930. The third-order valence-corrected chi connectivity index (χ3v) is 3.14. The van der Waals surface area contributed by atoms with Crippen LogP contribution in [0.5, 0.6) is 0 Å². The summed E-state index contributed by atoms with van der Waals surface area (Å²) in [5, 5.41) is 2.15. The molecule has 0 bridgehead atoms. The van der Waals surface area contributed by atoms with E-state index in [1.165, 1.54) is 13.0 Å². The summed E-state index contributed by atoms with van der Waals surface area (Å²) in [4.78, 5) is 22.2. The van der Waals surface area contributed by atoms with Gasteiger partial charge in [-0.05, 0) is 19.3 Å². The van der Waals surface area contributed by atoms with Gasteiger partial charge in [-0.25, -0.2) is 0 Å². The van der Waals surface area contributed by atoms with Crippen LogP contribution < -0.4 is 11.1 Å². The topological polar surface area (TPSA) is 90.7 Å². The Morgan fingerprint density at radius 1 is 1.45 bits per heavy atom. The number of rotatable bonds is 5. The molecule has 1 atom stereocenters. The predicted octanol–water partition coefficient (Wildman–Crippen LogP) is 1.06. The molecule has 0 saturated carbocycles. The van der Waals surface area contributed by atoms with Crippen LogP contribution in [0.15, 0.2) is 11.8 Å². The Hall–Kier alpha value is -1.40. The lowest BCUT2D eigenvalue weighted by Gasteiger charge is -2.29. The largest absolute Gasteiger partial charge is 0.401 e. The van der Waals surface area contributed by atoms with Crippen molar-refractivity contribution in [3.63, 3.8) is 0 Å². The number of nitrogens with two attached hydrogens (primary N) is 1. The molecular formula is C14H24N2O4. The van der Waals surface area contributed by atoms with E-state index in [0.29, 0.717) is 12.3 Å². The molecule has 3 N–H and O–H groups in total. The van der Waals surface area contributed by atoms with Crippen molar-refractivity contribution >= 4 is 11.8 Å². The highest BCUT2D eigenvalue weighted by atomic mass is 16.7. The van der Waals surface area contributed by atoms with E-state index in [9.17, 15) is 9.59 Å². The van der Waals surface area contributed by atoms with Gasteiger partial charge in [0.2, 0.25) is 5.91 Å². The number of carbonyl (C=O) groups excluding carboxylic acids is 2. The van der Waals surface area contributed by atoms with Gasteiger partial charge in [0.1, 0.15) is 0 Å². The number of nitrogens with one attached hydrogen (secondary N) is 1. The number of hydrogen-bond donors (Lipinski definition) is 2. The molecule has 1 unspecified atom stereocenters. The zero-order valence-corrected chi connectivity index (χ0v) is 12.4. The monoisotopic (exact) mass is 284 g/mol. The quantitative estimate of drug-likeness (QED) is 0.737. The van der Waals surface area contributed by atoms with E-state index in [2.05, 4.69) is 5.32 Å². The second-order valence-corrected chi connectivity index (χ2v) is 5.64. The van der Waals surface area contributed by atoms with Gasteiger partial charge in [0.15, 0.2) is 6.29 Å². The second-order valence-electron chi connectivity index (χ2n) is 5.64. The second kappa shape index (κ2) is 7.40. The molecule has 0 radical (unpaired) electrons. The lowest BCUT2D eigenvalue weighted by Crippen LogP contribution is -2.34. The molecule has 6 nitrogen and oxygen atoms in total. The maximum absolute atomic E-state index is 11.5. The number of imide groups is 1. The molecule has 6 heteroatoms. The van der Waals surface area contributed by atoms with Gasteiger partial charge in [-0.1, -0.05) is 13.8 Å². The summed E-state index contributed by atoms with van der Waals surface area (Å²) >= 11 is 0. The zero-order chi connectivity index (χ0) is 15.2. The minimum atomic E-state index is -0.517. The van der Waals surface area contributed by atoms with Crippen molar-refractivity contribution in [1.29, 1.82) is 0 Å². The van der Waals surface area contributed by atoms with E-state index >= 15 is 0 Å². The van der Waals surface area contributed by atoms with Gasteiger partial charge >= 0.3 is 0 Å². The number of amides is 2. The van der Waals surface area contributed by atoms with E-state index in [0.717, 1.165) is 25.9 Å². The average Bonchev–Trinajstić information content (AvgIpc) is 2.36. The van der Waals surface area contributed by atoms with Crippen molar-refractivity contribution in [1.82, 2.24) is 5.32 Å². The maximum atomic E-state index is 11.5. The summed E-state index contributed by atoms with van der Waals surface area (Å²) in [6.07, 6.45) is 4.08. The van der Waals surface area contributed by atoms with E-state index in [1.54, 1.807) is 0 Å². The third-order valence-electron chi connectivity index (χ3n) is 3.14. The summed E-state index contributed by atoms with van der Waals surface area (Å²) < 4.78 is 11.2. The molecular weight excluding hydrogens is 260 g/mol. The van der Waals surface area contributed by atoms with E-state index in [1.807, 2.05) is 13.8 Å². The molecule has 2 amide bonds. The van der Waals surface area contributed by atoms with Gasteiger partial charge in [0.05, 0.1) is 6.61 Å². The Bertz CT molecular complexity index is 385. The fraction of sp³-hybridized carbons (Fsp3) is 0.714. The van der Waals surface area contributed by atoms with Gasteiger partial charge in [0.25, 0.3) is 5.91 Å². The van der Waals surface area contributed by atoms with Crippen LogP contribution in [0.2, 0.25) is 0 Å². The summed E-state index contributed by atoms with van der Waals surface area (Å²) in [7, 11) is 0. The zero-order valence-electron chi connectivity index (χ0n) is 12.4. The fourth-order valence-corrected chi connectivity index (χ4v) is 1.77. The molecule has 0 aromatic rings. The van der Waals surface area contributed by atoms with Crippen molar-refractivity contribution in [3.05, 3.63) is 11.8 Å². The molecule has 0 aliphatic carbocycles. The Morgan fingerprint density at radius 3 is 2.70 bits per heavy atom. The Morgan fingerprint density at radius 2 is 2.15 bits per heavy atom. The first-order chi connectivity index (χ1) is 9.31. The summed E-state index contributed by atoms with van der Waals surface area (Å²) in [6, 6.07) is 0. The molecule has 1 fully saturated rings. The Balaban J connectivity index is 2.50. The number of carbonyl (C=O) groups is 2. The van der Waals surface area contributed by atoms with Crippen molar-refractivity contribution in [3.8, 4) is 0 Å². The minimum Gasteiger partial charge on any atom is -0.401 e. The van der Waals surface area contributed by atoms with Crippen LogP contribution >= 0.6 is 0 Å². The number of ether oxygens (including phenoxy) is 2. The first-order valence-electron chi connectivity index (χ1n) is 6.83. The molecule has 1 saturated heterocycles. The molecule has 0 aromatic carbocycles.